The predicted octanol–water partition coefficient (Wildman–Crippen LogP) is 0.879. The summed E-state index contributed by atoms with van der Waals surface area (Å²) in [6.45, 7) is 2.47. The van der Waals surface area contributed by atoms with E-state index in [0.29, 0.717) is 0 Å². The Labute approximate surface area is 65.8 Å². The Morgan fingerprint density at radius 2 is 1.73 bits per heavy atom. The van der Waals surface area contributed by atoms with Gasteiger partial charge >= 0.3 is 0 Å². The van der Waals surface area contributed by atoms with Crippen molar-refractivity contribution in [2.24, 2.45) is 40.9 Å². The van der Waals surface area contributed by atoms with Crippen molar-refractivity contribution >= 4 is 0 Å². The van der Waals surface area contributed by atoms with Crippen LogP contribution in [0.25, 0.3) is 0 Å². The highest BCUT2D eigenvalue weighted by Gasteiger charge is 3.00. The third-order valence-corrected chi connectivity index (χ3v) is 6.34. The predicted molar refractivity (Wildman–Crippen MR) is 38.6 cm³/mol. The van der Waals surface area contributed by atoms with E-state index in [4.69, 9.17) is 0 Å². The fraction of sp³-hybridized carbons (Fsp3) is 1.00. The molecule has 0 radical (unpaired) electrons. The van der Waals surface area contributed by atoms with Crippen LogP contribution in [0.15, 0.2) is 0 Å². The smallest absolute Gasteiger partial charge is 0.0718 e. The van der Waals surface area contributed by atoms with Crippen LogP contribution in [0.2, 0.25) is 0 Å². The highest BCUT2D eigenvalue weighted by molar-refractivity contribution is 5.48. The zero-order chi connectivity index (χ0) is 7.17. The minimum absolute atomic E-state index is 0.109. The lowest BCUT2D eigenvalue weighted by Crippen LogP contribution is -2.92. The van der Waals surface area contributed by atoms with E-state index in [1.807, 2.05) is 0 Å². The lowest BCUT2D eigenvalue weighted by Gasteiger charge is -2.92. The van der Waals surface area contributed by atoms with Crippen LogP contribution in [0.5, 0.6) is 0 Å². The first-order valence-corrected chi connectivity index (χ1v) is 4.93. The number of aliphatic hydroxyl groups is 1. The second-order valence-electron chi connectivity index (χ2n) is 5.85. The van der Waals surface area contributed by atoms with Crippen molar-refractivity contribution in [3.63, 3.8) is 0 Å². The van der Waals surface area contributed by atoms with Crippen molar-refractivity contribution in [2.75, 3.05) is 0 Å². The van der Waals surface area contributed by atoms with Crippen LogP contribution in [-0.2, 0) is 0 Å². The van der Waals surface area contributed by atoms with Gasteiger partial charge in [0.05, 0.1) is 5.60 Å². The molecule has 11 heavy (non-hydrogen) atoms. The summed E-state index contributed by atoms with van der Waals surface area (Å²) >= 11 is 0. The molecule has 4 unspecified atom stereocenters. The molecule has 6 rings (SSSR count). The quantitative estimate of drug-likeness (QED) is 0.540. The number of rotatable bonds is 0. The fourth-order valence-corrected chi connectivity index (χ4v) is 6.46. The van der Waals surface area contributed by atoms with Gasteiger partial charge < -0.3 is 5.11 Å². The van der Waals surface area contributed by atoms with Gasteiger partial charge in [-0.1, -0.05) is 6.92 Å². The minimum atomic E-state index is -0.109. The molecule has 4 atom stereocenters. The molecule has 0 aromatic rings. The van der Waals surface area contributed by atoms with Crippen molar-refractivity contribution in [1.29, 1.82) is 0 Å². The summed E-state index contributed by atoms with van der Waals surface area (Å²) in [5, 5.41) is 10.2. The Balaban J connectivity index is 1.87. The van der Waals surface area contributed by atoms with E-state index in [-0.39, 0.29) is 5.60 Å². The van der Waals surface area contributed by atoms with Gasteiger partial charge in [0.1, 0.15) is 0 Å². The van der Waals surface area contributed by atoms with Crippen LogP contribution in [0, 0.1) is 40.9 Å². The molecular formula is C10H12O. The summed E-state index contributed by atoms with van der Waals surface area (Å²) in [6.07, 6.45) is 1.18. The van der Waals surface area contributed by atoms with Gasteiger partial charge in [-0.05, 0) is 47.3 Å². The summed E-state index contributed by atoms with van der Waals surface area (Å²) in [5.74, 6) is 5.49. The average Bonchev–Trinajstić information content (AvgIpc) is 2.15. The van der Waals surface area contributed by atoms with Gasteiger partial charge in [0.2, 0.25) is 0 Å². The Hall–Kier alpha value is -0.0400. The summed E-state index contributed by atoms with van der Waals surface area (Å²) in [6, 6.07) is 0. The van der Waals surface area contributed by atoms with Crippen molar-refractivity contribution in [3.05, 3.63) is 0 Å². The van der Waals surface area contributed by atoms with Crippen molar-refractivity contribution in [2.45, 2.75) is 18.9 Å². The molecule has 1 heteroatoms. The van der Waals surface area contributed by atoms with E-state index in [9.17, 15) is 5.11 Å². The zero-order valence-electron chi connectivity index (χ0n) is 6.62. The largest absolute Gasteiger partial charge is 0.389 e. The maximum Gasteiger partial charge on any atom is 0.0718 e. The number of hydrogen-bond acceptors (Lipinski definition) is 1. The second kappa shape index (κ2) is 0.834. The van der Waals surface area contributed by atoms with Crippen LogP contribution in [0.3, 0.4) is 0 Å². The second-order valence-corrected chi connectivity index (χ2v) is 5.85. The molecule has 0 spiro atoms. The van der Waals surface area contributed by atoms with E-state index < -0.39 is 0 Å². The maximum atomic E-state index is 10.2. The third kappa shape index (κ3) is 0.182. The van der Waals surface area contributed by atoms with Crippen LogP contribution < -0.4 is 0 Å². The molecule has 0 amide bonds. The first kappa shape index (κ1) is 4.86. The third-order valence-electron chi connectivity index (χ3n) is 6.34. The molecule has 0 aliphatic heterocycles. The van der Waals surface area contributed by atoms with Crippen LogP contribution in [0.1, 0.15) is 13.3 Å². The maximum absolute atomic E-state index is 10.2. The fourth-order valence-electron chi connectivity index (χ4n) is 6.46. The van der Waals surface area contributed by atoms with Crippen LogP contribution in [0.4, 0.5) is 0 Å². The highest BCUT2D eigenvalue weighted by atomic mass is 16.3. The van der Waals surface area contributed by atoms with E-state index in [1.165, 1.54) is 6.42 Å². The molecule has 0 aromatic carbocycles. The SMILES string of the molecule is CC12C3C4CC5(O)C3C1C5C42. The average molecular weight is 148 g/mol. The highest BCUT2D eigenvalue weighted by Crippen LogP contribution is 3.00. The normalized spacial score (nSPS) is 96.5. The van der Waals surface area contributed by atoms with Crippen molar-refractivity contribution in [1.82, 2.24) is 0 Å². The van der Waals surface area contributed by atoms with E-state index in [1.54, 1.807) is 0 Å². The van der Waals surface area contributed by atoms with E-state index in [2.05, 4.69) is 6.92 Å². The molecule has 6 aliphatic rings. The minimum Gasteiger partial charge on any atom is -0.389 e. The first-order valence-electron chi connectivity index (χ1n) is 4.93. The van der Waals surface area contributed by atoms with Gasteiger partial charge in [-0.25, -0.2) is 0 Å². The molecule has 6 saturated carbocycles. The van der Waals surface area contributed by atoms with Crippen LogP contribution in [-0.4, -0.2) is 10.7 Å². The molecule has 6 fully saturated rings. The summed E-state index contributed by atoms with van der Waals surface area (Å²) in [7, 11) is 0. The molecule has 0 aromatic heterocycles. The standard InChI is InChI=1S/C10H12O/c1-9-4-3-2-10(11)7(4)6(9)8(10)5(3)9/h3-8,11H,2H2,1H3. The van der Waals surface area contributed by atoms with Crippen molar-refractivity contribution < 1.29 is 5.11 Å². The Morgan fingerprint density at radius 1 is 1.09 bits per heavy atom. The van der Waals surface area contributed by atoms with E-state index in [0.717, 1.165) is 40.9 Å². The molecule has 0 saturated heterocycles. The zero-order valence-corrected chi connectivity index (χ0v) is 6.62. The monoisotopic (exact) mass is 148 g/mol. The van der Waals surface area contributed by atoms with Gasteiger partial charge in [0.15, 0.2) is 0 Å². The lowest BCUT2D eigenvalue weighted by atomic mass is 9.13. The van der Waals surface area contributed by atoms with E-state index >= 15 is 0 Å². The van der Waals surface area contributed by atoms with Gasteiger partial charge in [0.25, 0.3) is 0 Å². The summed E-state index contributed by atoms with van der Waals surface area (Å²) < 4.78 is 0. The van der Waals surface area contributed by atoms with Gasteiger partial charge in [0, 0.05) is 0 Å². The van der Waals surface area contributed by atoms with Gasteiger partial charge in [-0.2, -0.15) is 0 Å². The lowest BCUT2D eigenvalue weighted by molar-refractivity contribution is -0.475. The van der Waals surface area contributed by atoms with Crippen LogP contribution >= 0.6 is 0 Å². The number of hydrogen-bond donors (Lipinski definition) is 1. The molecule has 2 bridgehead atoms. The molecule has 58 valence electrons. The van der Waals surface area contributed by atoms with Gasteiger partial charge in [-0.3, -0.25) is 0 Å². The molecule has 1 nitrogen and oxygen atoms in total. The first-order chi connectivity index (χ1) is 5.21. The summed E-state index contributed by atoms with van der Waals surface area (Å²) in [4.78, 5) is 0. The Bertz CT molecular complexity index is 282. The topological polar surface area (TPSA) is 20.2 Å². The van der Waals surface area contributed by atoms with Crippen molar-refractivity contribution in [3.8, 4) is 0 Å². The molecule has 1 N–H and O–H groups in total. The summed E-state index contributed by atoms with van der Waals surface area (Å²) in [5.41, 5.74) is 0.658. The Kier molecular flexibility index (Phi) is 0.368. The molecule has 0 heterocycles. The van der Waals surface area contributed by atoms with Gasteiger partial charge in [-0.15, -0.1) is 0 Å². The molecular weight excluding hydrogens is 136 g/mol. The Morgan fingerprint density at radius 3 is 2.18 bits per heavy atom. The molecule has 6 aliphatic carbocycles.